The quantitative estimate of drug-likeness (QED) is 0.471. The van der Waals surface area contributed by atoms with Crippen LogP contribution in [0.25, 0.3) is 22.3 Å². The molecule has 0 spiro atoms. The van der Waals surface area contributed by atoms with Crippen LogP contribution < -0.4 is 10.9 Å². The number of hydrogen-bond acceptors (Lipinski definition) is 6. The zero-order valence-corrected chi connectivity index (χ0v) is 17.0. The lowest BCUT2D eigenvalue weighted by Crippen LogP contribution is -2.26. The highest BCUT2D eigenvalue weighted by molar-refractivity contribution is 5.88. The van der Waals surface area contributed by atoms with Crippen LogP contribution in [0.3, 0.4) is 0 Å². The lowest BCUT2D eigenvalue weighted by Gasteiger charge is -2.14. The van der Waals surface area contributed by atoms with Crippen LogP contribution in [0, 0.1) is 12.7 Å². The van der Waals surface area contributed by atoms with Crippen LogP contribution in [0.1, 0.15) is 33.9 Å². The number of hydrogen-bond donors (Lipinski definition) is 2. The fourth-order valence-electron chi connectivity index (χ4n) is 4.11. The zero-order chi connectivity index (χ0) is 21.6. The number of aliphatic hydroxyl groups is 1. The monoisotopic (exact) mass is 411 g/mol. The SMILES string of the molecule is CNCc1c2c(nc3cc(F)c(C)cc13)-c1cc(C(O)C=O)c(COC)c(=O)n1C2. The summed E-state index contributed by atoms with van der Waals surface area (Å²) in [5, 5.41) is 14.1. The van der Waals surface area contributed by atoms with E-state index in [0.29, 0.717) is 41.8 Å². The van der Waals surface area contributed by atoms with E-state index in [1.54, 1.807) is 23.6 Å². The maximum absolute atomic E-state index is 14.2. The fourth-order valence-corrected chi connectivity index (χ4v) is 4.11. The van der Waals surface area contributed by atoms with Gasteiger partial charge in [0, 0.05) is 41.8 Å². The summed E-state index contributed by atoms with van der Waals surface area (Å²) in [5.41, 5.74) is 3.94. The highest BCUT2D eigenvalue weighted by Gasteiger charge is 2.29. The third kappa shape index (κ3) is 3.04. The number of aromatic nitrogens is 2. The number of carbonyl (C=O) groups excluding carboxylic acids is 1. The third-order valence-corrected chi connectivity index (χ3v) is 5.57. The van der Waals surface area contributed by atoms with Crippen molar-refractivity contribution in [3.8, 4) is 11.4 Å². The zero-order valence-electron chi connectivity index (χ0n) is 17.0. The molecule has 1 aromatic carbocycles. The molecular weight excluding hydrogens is 389 g/mol. The molecule has 7 nitrogen and oxygen atoms in total. The number of fused-ring (bicyclic) bond motifs is 4. The molecule has 0 amide bonds. The summed E-state index contributed by atoms with van der Waals surface area (Å²) in [5.74, 6) is -0.353. The van der Waals surface area contributed by atoms with Crippen molar-refractivity contribution >= 4 is 17.2 Å². The fraction of sp³-hybridized carbons (Fsp3) is 0.318. The molecule has 4 rings (SSSR count). The maximum atomic E-state index is 14.2. The van der Waals surface area contributed by atoms with Crippen LogP contribution in [0.4, 0.5) is 4.39 Å². The summed E-state index contributed by atoms with van der Waals surface area (Å²) in [4.78, 5) is 29.1. The van der Waals surface area contributed by atoms with E-state index >= 15 is 0 Å². The summed E-state index contributed by atoms with van der Waals surface area (Å²) >= 11 is 0. The van der Waals surface area contributed by atoms with E-state index in [1.165, 1.54) is 13.2 Å². The van der Waals surface area contributed by atoms with Gasteiger partial charge in [0.2, 0.25) is 0 Å². The number of aliphatic hydroxyl groups excluding tert-OH is 1. The molecule has 2 N–H and O–H groups in total. The van der Waals surface area contributed by atoms with Crippen molar-refractivity contribution in [2.75, 3.05) is 14.2 Å². The number of nitrogens with one attached hydrogen (secondary N) is 1. The van der Waals surface area contributed by atoms with Crippen molar-refractivity contribution in [3.05, 3.63) is 62.2 Å². The maximum Gasteiger partial charge on any atom is 0.257 e. The molecule has 1 atom stereocenters. The van der Waals surface area contributed by atoms with E-state index in [4.69, 9.17) is 4.74 Å². The number of benzene rings is 1. The Kier molecular flexibility index (Phi) is 5.23. The van der Waals surface area contributed by atoms with E-state index < -0.39 is 6.10 Å². The van der Waals surface area contributed by atoms with Gasteiger partial charge in [-0.15, -0.1) is 0 Å². The molecule has 1 aliphatic rings. The number of nitrogens with zero attached hydrogens (tertiary/aromatic N) is 2. The summed E-state index contributed by atoms with van der Waals surface area (Å²) in [6.07, 6.45) is -1.07. The number of rotatable bonds is 6. The van der Waals surface area contributed by atoms with Gasteiger partial charge in [-0.05, 0) is 37.2 Å². The summed E-state index contributed by atoms with van der Waals surface area (Å²) in [6.45, 7) is 2.49. The molecule has 30 heavy (non-hydrogen) atoms. The van der Waals surface area contributed by atoms with E-state index in [2.05, 4.69) is 10.3 Å². The lowest BCUT2D eigenvalue weighted by molar-refractivity contribution is -0.115. The van der Waals surface area contributed by atoms with Crippen LogP contribution in [0.15, 0.2) is 23.0 Å². The molecule has 156 valence electrons. The molecule has 0 bridgehead atoms. The Labute approximate surface area is 172 Å². The van der Waals surface area contributed by atoms with Gasteiger partial charge in [-0.3, -0.25) is 4.79 Å². The molecule has 0 radical (unpaired) electrons. The van der Waals surface area contributed by atoms with Gasteiger partial charge in [-0.1, -0.05) is 0 Å². The minimum absolute atomic E-state index is 0.0289. The lowest BCUT2D eigenvalue weighted by atomic mass is 9.98. The van der Waals surface area contributed by atoms with Crippen molar-refractivity contribution in [1.29, 1.82) is 0 Å². The van der Waals surface area contributed by atoms with Crippen LogP contribution >= 0.6 is 0 Å². The molecule has 0 fully saturated rings. The van der Waals surface area contributed by atoms with Gasteiger partial charge in [-0.2, -0.15) is 0 Å². The van der Waals surface area contributed by atoms with Gasteiger partial charge >= 0.3 is 0 Å². The van der Waals surface area contributed by atoms with Gasteiger partial charge < -0.3 is 24.5 Å². The molecule has 2 aromatic heterocycles. The summed E-state index contributed by atoms with van der Waals surface area (Å²) in [7, 11) is 3.26. The minimum atomic E-state index is -1.45. The average Bonchev–Trinajstić information content (AvgIpc) is 3.09. The minimum Gasteiger partial charge on any atom is -0.381 e. The highest BCUT2D eigenvalue weighted by Crippen LogP contribution is 2.37. The molecule has 0 aliphatic carbocycles. The van der Waals surface area contributed by atoms with E-state index in [0.717, 1.165) is 16.5 Å². The van der Waals surface area contributed by atoms with Crippen LogP contribution in [0.2, 0.25) is 0 Å². The topological polar surface area (TPSA) is 93.5 Å². The number of methoxy groups -OCH3 is 1. The van der Waals surface area contributed by atoms with Crippen LogP contribution in [-0.4, -0.2) is 35.1 Å². The Hall–Kier alpha value is -2.94. The number of carbonyl (C=O) groups is 1. The molecule has 0 saturated carbocycles. The Balaban J connectivity index is 2.05. The first-order chi connectivity index (χ1) is 14.4. The number of halogens is 1. The van der Waals surface area contributed by atoms with Crippen molar-refractivity contribution in [1.82, 2.24) is 14.9 Å². The Morgan fingerprint density at radius 3 is 2.80 bits per heavy atom. The van der Waals surface area contributed by atoms with Gasteiger partial charge in [0.25, 0.3) is 5.56 Å². The molecular formula is C22H22FN3O4. The molecule has 0 saturated heterocycles. The Morgan fingerprint density at radius 2 is 2.13 bits per heavy atom. The Bertz CT molecular complexity index is 1240. The predicted molar refractivity (Wildman–Crippen MR) is 110 cm³/mol. The summed E-state index contributed by atoms with van der Waals surface area (Å²) in [6, 6.07) is 4.77. The normalized spacial score (nSPS) is 13.4. The molecule has 8 heteroatoms. The molecule has 1 unspecified atom stereocenters. The van der Waals surface area contributed by atoms with E-state index in [9.17, 15) is 19.1 Å². The van der Waals surface area contributed by atoms with E-state index in [1.807, 2.05) is 7.05 Å². The average molecular weight is 411 g/mol. The second kappa shape index (κ2) is 7.71. The first-order valence-corrected chi connectivity index (χ1v) is 9.56. The smallest absolute Gasteiger partial charge is 0.257 e. The van der Waals surface area contributed by atoms with Crippen LogP contribution in [-0.2, 0) is 29.2 Å². The Morgan fingerprint density at radius 1 is 1.37 bits per heavy atom. The first kappa shape index (κ1) is 20.3. The highest BCUT2D eigenvalue weighted by atomic mass is 19.1. The second-order valence-corrected chi connectivity index (χ2v) is 7.44. The number of pyridine rings is 2. The molecule has 3 heterocycles. The van der Waals surface area contributed by atoms with Gasteiger partial charge in [0.05, 0.1) is 30.1 Å². The van der Waals surface area contributed by atoms with Crippen molar-refractivity contribution in [2.45, 2.75) is 32.7 Å². The predicted octanol–water partition coefficient (Wildman–Crippen LogP) is 1.97. The second-order valence-electron chi connectivity index (χ2n) is 7.44. The number of aldehydes is 1. The van der Waals surface area contributed by atoms with Gasteiger partial charge in [0.1, 0.15) is 11.9 Å². The summed E-state index contributed by atoms with van der Waals surface area (Å²) < 4.78 is 20.9. The van der Waals surface area contributed by atoms with Gasteiger partial charge in [-0.25, -0.2) is 9.37 Å². The van der Waals surface area contributed by atoms with Crippen molar-refractivity contribution < 1.29 is 19.0 Å². The number of aryl methyl sites for hydroxylation is 1. The van der Waals surface area contributed by atoms with E-state index in [-0.39, 0.29) is 29.1 Å². The molecule has 1 aliphatic heterocycles. The van der Waals surface area contributed by atoms with Crippen molar-refractivity contribution in [3.63, 3.8) is 0 Å². The number of ether oxygens (including phenoxy) is 1. The molecule has 3 aromatic rings. The largest absolute Gasteiger partial charge is 0.381 e. The standard InChI is InChI=1S/C22H22FN3O4/c1-11-4-12-14(7-24-2)15-8-26-19(21(15)25-18(12)6-17(11)23)5-13(20(28)9-27)16(10-30-3)22(26)29/h4-6,9,20,24,28H,7-8,10H2,1-3H3. The van der Waals surface area contributed by atoms with Gasteiger partial charge in [0.15, 0.2) is 6.29 Å². The van der Waals surface area contributed by atoms with Crippen molar-refractivity contribution in [2.24, 2.45) is 0 Å². The third-order valence-electron chi connectivity index (χ3n) is 5.57. The first-order valence-electron chi connectivity index (χ1n) is 9.56. The van der Waals surface area contributed by atoms with Crippen LogP contribution in [0.5, 0.6) is 0 Å².